The third-order valence-corrected chi connectivity index (χ3v) is 3.64. The summed E-state index contributed by atoms with van der Waals surface area (Å²) in [6, 6.07) is 0. The maximum atomic E-state index is 11.9. The molecule has 0 bridgehead atoms. The van der Waals surface area contributed by atoms with Crippen molar-refractivity contribution in [2.24, 2.45) is 0 Å². The molecule has 0 saturated carbocycles. The van der Waals surface area contributed by atoms with Crippen LogP contribution in [0.5, 0.6) is 0 Å². The molecule has 0 unspecified atom stereocenters. The molecule has 0 radical (unpaired) electrons. The van der Waals surface area contributed by atoms with E-state index in [0.29, 0.717) is 5.75 Å². The van der Waals surface area contributed by atoms with Gasteiger partial charge in [-0.25, -0.2) is 0 Å². The van der Waals surface area contributed by atoms with Crippen molar-refractivity contribution in [1.82, 2.24) is 0 Å². The van der Waals surface area contributed by atoms with E-state index in [1.165, 1.54) is 19.4 Å². The van der Waals surface area contributed by atoms with E-state index < -0.39 is 15.3 Å². The molecular formula is C8H18O3S. The molecule has 3 nitrogen and oxygen atoms in total. The molecule has 0 N–H and O–H groups in total. The molecule has 0 aromatic heterocycles. The van der Waals surface area contributed by atoms with Crippen molar-refractivity contribution in [3.8, 4) is 0 Å². The number of carbonyl (C=O) groups excluding carboxylic acids is 1. The van der Waals surface area contributed by atoms with Gasteiger partial charge < -0.3 is 4.18 Å². The maximum absolute atomic E-state index is 11.9. The zero-order valence-electron chi connectivity index (χ0n) is 8.25. The van der Waals surface area contributed by atoms with E-state index >= 15 is 0 Å². The van der Waals surface area contributed by atoms with E-state index in [0.717, 1.165) is 12.8 Å². The molecule has 0 rings (SSSR count). The van der Waals surface area contributed by atoms with Crippen LogP contribution in [0, 0.1) is 0 Å². The van der Waals surface area contributed by atoms with Crippen LogP contribution in [0.1, 0.15) is 26.7 Å². The first-order valence-electron chi connectivity index (χ1n) is 4.05. The summed E-state index contributed by atoms with van der Waals surface area (Å²) < 4.78 is 16.8. The van der Waals surface area contributed by atoms with Gasteiger partial charge in [0.2, 0.25) is 0 Å². The Bertz CT molecular complexity index is 226. The Morgan fingerprint density at radius 1 is 1.42 bits per heavy atom. The van der Waals surface area contributed by atoms with Gasteiger partial charge in [0.1, 0.15) is 0 Å². The first-order chi connectivity index (χ1) is 5.24. The lowest BCUT2D eigenvalue weighted by molar-refractivity contribution is -0.131. The van der Waals surface area contributed by atoms with Gasteiger partial charge in [0, 0.05) is 25.2 Å². The van der Waals surface area contributed by atoms with Crippen LogP contribution in [-0.2, 0) is 18.3 Å². The van der Waals surface area contributed by atoms with E-state index in [1.807, 2.05) is 6.92 Å². The smallest absolute Gasteiger partial charge is 0.324 e. The number of hydrogen-bond donors (Lipinski definition) is 0. The topological polar surface area (TPSA) is 43.4 Å². The van der Waals surface area contributed by atoms with Crippen LogP contribution >= 0.6 is 0 Å². The van der Waals surface area contributed by atoms with Crippen molar-refractivity contribution in [3.05, 3.63) is 0 Å². The first-order valence-corrected chi connectivity index (χ1v) is 6.93. The van der Waals surface area contributed by atoms with Gasteiger partial charge in [-0.2, -0.15) is 13.6 Å². The Labute approximate surface area is 74.1 Å². The second kappa shape index (κ2) is 3.56. The van der Waals surface area contributed by atoms with Gasteiger partial charge >= 0.3 is 5.97 Å². The number of carbonyl (C=O) groups is 1. The third-order valence-electron chi connectivity index (χ3n) is 1.45. The molecule has 0 heterocycles. The molecule has 0 amide bonds. The van der Waals surface area contributed by atoms with E-state index in [1.54, 1.807) is 0 Å². The second-order valence-electron chi connectivity index (χ2n) is 3.59. The molecule has 0 atom stereocenters. The minimum Gasteiger partial charge on any atom is -0.359 e. The van der Waals surface area contributed by atoms with E-state index in [-0.39, 0.29) is 0 Å². The lowest BCUT2D eigenvalue weighted by Crippen LogP contribution is -2.37. The summed E-state index contributed by atoms with van der Waals surface area (Å²) in [6.07, 6.45) is 4.83. The molecule has 0 aliphatic carbocycles. The summed E-state index contributed by atoms with van der Waals surface area (Å²) in [7, 11) is -3.11. The fourth-order valence-corrected chi connectivity index (χ4v) is 2.87. The summed E-state index contributed by atoms with van der Waals surface area (Å²) in [5.41, 5.74) is 0. The van der Waals surface area contributed by atoms with Gasteiger partial charge in [-0.3, -0.25) is 4.79 Å². The number of unbranched alkanes of at least 4 members (excludes halogenated alkanes) is 1. The Balaban J connectivity index is 4.29. The fraction of sp³-hybridized carbons (Fsp3) is 0.875. The summed E-state index contributed by atoms with van der Waals surface area (Å²) in [5, 5.41) is 0. The van der Waals surface area contributed by atoms with Gasteiger partial charge in [0.25, 0.3) is 0 Å². The highest BCUT2D eigenvalue weighted by Gasteiger charge is 2.20. The van der Waals surface area contributed by atoms with Crippen molar-refractivity contribution in [1.29, 1.82) is 0 Å². The lowest BCUT2D eigenvalue weighted by atomic mass is 10.4. The highest BCUT2D eigenvalue weighted by Crippen LogP contribution is 2.21. The highest BCUT2D eigenvalue weighted by molar-refractivity contribution is 8.15. The molecule has 0 fully saturated rings. The lowest BCUT2D eigenvalue weighted by Gasteiger charge is -2.39. The fourth-order valence-electron chi connectivity index (χ4n) is 0.958. The predicted octanol–water partition coefficient (Wildman–Crippen LogP) is 1.34. The average molecular weight is 194 g/mol. The van der Waals surface area contributed by atoms with E-state index in [4.69, 9.17) is 4.18 Å². The molecule has 0 aromatic rings. The Hall–Kier alpha value is -0.380. The molecule has 0 aliphatic heterocycles. The molecule has 0 aromatic carbocycles. The van der Waals surface area contributed by atoms with Gasteiger partial charge in [-0.05, 0) is 6.42 Å². The van der Waals surface area contributed by atoms with Crippen LogP contribution in [0.3, 0.4) is 0 Å². The quantitative estimate of drug-likeness (QED) is 0.678. The zero-order chi connectivity index (χ0) is 9.85. The zero-order valence-corrected chi connectivity index (χ0v) is 9.07. The molecule has 4 heteroatoms. The van der Waals surface area contributed by atoms with Crippen LogP contribution in [-0.4, -0.2) is 28.4 Å². The number of rotatable bonds is 4. The number of hydrogen-bond acceptors (Lipinski definition) is 3. The molecule has 0 aliphatic rings. The molecule has 0 spiro atoms. The Morgan fingerprint density at radius 2 is 1.92 bits per heavy atom. The van der Waals surface area contributed by atoms with Crippen LogP contribution in [0.25, 0.3) is 0 Å². The van der Waals surface area contributed by atoms with E-state index in [9.17, 15) is 9.00 Å². The minimum atomic E-state index is -3.11. The third kappa shape index (κ3) is 5.29. The van der Waals surface area contributed by atoms with Crippen molar-refractivity contribution < 1.29 is 13.2 Å². The standard InChI is InChI=1S/C8H18O3S/c1-5-6-7-12(3,4,10)11-8(2)9/h5-7H2,1-4H3. The van der Waals surface area contributed by atoms with Gasteiger partial charge in [0.15, 0.2) is 0 Å². The van der Waals surface area contributed by atoms with Crippen molar-refractivity contribution in [3.63, 3.8) is 0 Å². The van der Waals surface area contributed by atoms with Gasteiger partial charge in [-0.1, -0.05) is 13.3 Å². The summed E-state index contributed by atoms with van der Waals surface area (Å²) >= 11 is 0. The van der Waals surface area contributed by atoms with Gasteiger partial charge in [-0.15, -0.1) is 0 Å². The van der Waals surface area contributed by atoms with Crippen LogP contribution in [0.2, 0.25) is 0 Å². The SMILES string of the molecule is CCCCS(C)(C)(=O)OC(C)=O. The largest absolute Gasteiger partial charge is 0.359 e. The second-order valence-corrected chi connectivity index (χ2v) is 8.08. The minimum absolute atomic E-state index is 0.465. The van der Waals surface area contributed by atoms with Crippen molar-refractivity contribution >= 4 is 15.3 Å². The summed E-state index contributed by atoms with van der Waals surface area (Å²) in [5.74, 6) is 0.000836. The summed E-state index contributed by atoms with van der Waals surface area (Å²) in [4.78, 5) is 10.6. The average Bonchev–Trinajstić information content (AvgIpc) is 1.79. The monoisotopic (exact) mass is 194 g/mol. The predicted molar refractivity (Wildman–Crippen MR) is 51.5 cm³/mol. The molecule has 12 heavy (non-hydrogen) atoms. The van der Waals surface area contributed by atoms with Crippen LogP contribution in [0.4, 0.5) is 0 Å². The molecule has 0 saturated heterocycles. The molecule has 74 valence electrons. The summed E-state index contributed by atoms with van der Waals surface area (Å²) in [6.45, 7) is 3.29. The Kier molecular flexibility index (Phi) is 3.45. The van der Waals surface area contributed by atoms with Crippen LogP contribution < -0.4 is 0 Å². The van der Waals surface area contributed by atoms with E-state index in [2.05, 4.69) is 0 Å². The normalized spacial score (nSPS) is 14.8. The van der Waals surface area contributed by atoms with Gasteiger partial charge in [0.05, 0.1) is 0 Å². The van der Waals surface area contributed by atoms with Crippen LogP contribution in [0.15, 0.2) is 0 Å². The Morgan fingerprint density at radius 3 is 2.25 bits per heavy atom. The van der Waals surface area contributed by atoms with Crippen molar-refractivity contribution in [2.45, 2.75) is 26.7 Å². The maximum Gasteiger partial charge on any atom is 0.324 e. The first kappa shape index (κ1) is 11.6. The van der Waals surface area contributed by atoms with Crippen molar-refractivity contribution in [2.75, 3.05) is 18.3 Å². The highest BCUT2D eigenvalue weighted by atomic mass is 32.3. The molecular weight excluding hydrogens is 176 g/mol.